The van der Waals surface area contributed by atoms with Crippen LogP contribution >= 0.6 is 0 Å². The molecular formula is C27H29N3O2. The number of fused-ring (bicyclic) bond motifs is 1. The average molecular weight is 428 g/mol. The van der Waals surface area contributed by atoms with Crippen LogP contribution in [-0.4, -0.2) is 40.1 Å². The largest absolute Gasteiger partial charge is 0.495 e. The Hall–Kier alpha value is -3.34. The lowest BCUT2D eigenvalue weighted by Gasteiger charge is -2.38. The molecule has 0 bridgehead atoms. The number of benzene rings is 2. The quantitative estimate of drug-likeness (QED) is 0.565. The zero-order valence-electron chi connectivity index (χ0n) is 18.8. The zero-order valence-corrected chi connectivity index (χ0v) is 18.8. The molecule has 1 aromatic heterocycles. The van der Waals surface area contributed by atoms with Crippen molar-refractivity contribution in [3.8, 4) is 11.4 Å². The molecule has 164 valence electrons. The van der Waals surface area contributed by atoms with Crippen molar-refractivity contribution in [3.63, 3.8) is 0 Å². The number of imidazole rings is 1. The molecule has 5 nitrogen and oxygen atoms in total. The number of carbonyl (C=O) groups is 1. The third kappa shape index (κ3) is 3.95. The lowest BCUT2D eigenvalue weighted by Crippen LogP contribution is -2.46. The highest BCUT2D eigenvalue weighted by atomic mass is 16.5. The predicted molar refractivity (Wildman–Crippen MR) is 126 cm³/mol. The van der Waals surface area contributed by atoms with Crippen LogP contribution in [0.2, 0.25) is 0 Å². The maximum absolute atomic E-state index is 13.4. The molecule has 32 heavy (non-hydrogen) atoms. The van der Waals surface area contributed by atoms with Crippen LogP contribution in [0.1, 0.15) is 41.6 Å². The van der Waals surface area contributed by atoms with E-state index in [1.165, 1.54) is 11.1 Å². The summed E-state index contributed by atoms with van der Waals surface area (Å²) in [5.74, 6) is 0.953. The molecule has 2 aromatic carbocycles. The normalized spacial score (nSPS) is 19.8. The molecule has 1 saturated heterocycles. The van der Waals surface area contributed by atoms with E-state index in [9.17, 15) is 4.79 Å². The molecule has 2 aliphatic rings. The SMILES string of the molecule is COc1cc(C=C2CCCN(C3CCc4ccccc4C3)C2=O)ccc1-n1cnc(C)c1. The van der Waals surface area contributed by atoms with E-state index in [1.54, 1.807) is 13.4 Å². The standard InChI is InChI=1S/C27H29N3O2/c1-19-17-29(18-28-19)25-12-9-20(15-26(25)32-2)14-23-8-5-13-30(27(23)31)24-11-10-21-6-3-4-7-22(21)16-24/h3-4,6-7,9,12,14-15,17-18,24H,5,8,10-11,13,16H2,1-2H3. The van der Waals surface area contributed by atoms with Crippen molar-refractivity contribution >= 4 is 12.0 Å². The Bertz CT molecular complexity index is 1180. The molecule has 1 unspecified atom stereocenters. The van der Waals surface area contributed by atoms with Gasteiger partial charge < -0.3 is 14.2 Å². The molecular weight excluding hydrogens is 398 g/mol. The van der Waals surface area contributed by atoms with Crippen molar-refractivity contribution in [1.82, 2.24) is 14.5 Å². The molecule has 2 heterocycles. The number of nitrogens with zero attached hydrogens (tertiary/aromatic N) is 3. The van der Waals surface area contributed by atoms with Gasteiger partial charge in [0.1, 0.15) is 5.75 Å². The Labute approximate surface area is 189 Å². The minimum atomic E-state index is 0.189. The van der Waals surface area contributed by atoms with Crippen molar-refractivity contribution in [2.24, 2.45) is 0 Å². The summed E-state index contributed by atoms with van der Waals surface area (Å²) in [6.45, 7) is 2.82. The van der Waals surface area contributed by atoms with Gasteiger partial charge in [0.15, 0.2) is 0 Å². The molecule has 5 heteroatoms. The first-order valence-electron chi connectivity index (χ1n) is 11.4. The molecule has 0 spiro atoms. The average Bonchev–Trinajstić information content (AvgIpc) is 3.26. The summed E-state index contributed by atoms with van der Waals surface area (Å²) in [4.78, 5) is 19.8. The second-order valence-corrected chi connectivity index (χ2v) is 8.79. The van der Waals surface area contributed by atoms with Gasteiger partial charge in [-0.05, 0) is 73.9 Å². The van der Waals surface area contributed by atoms with Gasteiger partial charge in [0.2, 0.25) is 5.91 Å². The van der Waals surface area contributed by atoms with Crippen molar-refractivity contribution in [2.45, 2.75) is 45.1 Å². The van der Waals surface area contributed by atoms with E-state index in [-0.39, 0.29) is 5.91 Å². The summed E-state index contributed by atoms with van der Waals surface area (Å²) >= 11 is 0. The number of amides is 1. The summed E-state index contributed by atoms with van der Waals surface area (Å²) < 4.78 is 7.60. The van der Waals surface area contributed by atoms with Crippen LogP contribution in [0.5, 0.6) is 5.75 Å². The second-order valence-electron chi connectivity index (χ2n) is 8.79. The number of piperidine rings is 1. The number of methoxy groups -OCH3 is 1. The summed E-state index contributed by atoms with van der Waals surface area (Å²) in [5.41, 5.74) is 6.60. The second kappa shape index (κ2) is 8.65. The number of rotatable bonds is 4. The molecule has 1 atom stereocenters. The number of carbonyl (C=O) groups excluding carboxylic acids is 1. The maximum Gasteiger partial charge on any atom is 0.250 e. The monoisotopic (exact) mass is 427 g/mol. The Morgan fingerprint density at radius 1 is 1.12 bits per heavy atom. The van der Waals surface area contributed by atoms with Gasteiger partial charge >= 0.3 is 0 Å². The molecule has 0 saturated carbocycles. The number of hydrogen-bond acceptors (Lipinski definition) is 3. The molecule has 5 rings (SSSR count). The van der Waals surface area contributed by atoms with Gasteiger partial charge in [-0.25, -0.2) is 4.98 Å². The summed E-state index contributed by atoms with van der Waals surface area (Å²) in [6, 6.07) is 15.0. The number of aryl methyl sites for hydroxylation is 2. The van der Waals surface area contributed by atoms with Crippen molar-refractivity contribution in [3.05, 3.63) is 82.9 Å². The lowest BCUT2D eigenvalue weighted by atomic mass is 9.86. The van der Waals surface area contributed by atoms with Gasteiger partial charge in [-0.15, -0.1) is 0 Å². The predicted octanol–water partition coefficient (Wildman–Crippen LogP) is 4.75. The zero-order chi connectivity index (χ0) is 22.1. The smallest absolute Gasteiger partial charge is 0.250 e. The first kappa shape index (κ1) is 20.6. The van der Waals surface area contributed by atoms with Crippen LogP contribution in [0, 0.1) is 6.92 Å². The van der Waals surface area contributed by atoms with Crippen LogP contribution in [0.15, 0.2) is 60.6 Å². The Morgan fingerprint density at radius 2 is 1.97 bits per heavy atom. The van der Waals surface area contributed by atoms with Gasteiger partial charge in [-0.2, -0.15) is 0 Å². The van der Waals surface area contributed by atoms with Gasteiger partial charge in [0.25, 0.3) is 0 Å². The minimum absolute atomic E-state index is 0.189. The topological polar surface area (TPSA) is 47.4 Å². The van der Waals surface area contributed by atoms with Crippen LogP contribution in [0.4, 0.5) is 0 Å². The summed E-state index contributed by atoms with van der Waals surface area (Å²) in [6.07, 6.45) is 10.7. The van der Waals surface area contributed by atoms with E-state index in [1.807, 2.05) is 42.0 Å². The van der Waals surface area contributed by atoms with Gasteiger partial charge in [0.05, 0.1) is 24.8 Å². The van der Waals surface area contributed by atoms with Gasteiger partial charge in [-0.1, -0.05) is 30.3 Å². The minimum Gasteiger partial charge on any atom is -0.495 e. The van der Waals surface area contributed by atoms with Crippen LogP contribution in [0.3, 0.4) is 0 Å². The fraction of sp³-hybridized carbons (Fsp3) is 0.333. The Balaban J connectivity index is 1.38. The summed E-state index contributed by atoms with van der Waals surface area (Å²) in [7, 11) is 1.67. The third-order valence-electron chi connectivity index (χ3n) is 6.68. The molecule has 1 amide bonds. The number of ether oxygens (including phenoxy) is 1. The summed E-state index contributed by atoms with van der Waals surface area (Å²) in [5, 5.41) is 0. The molecule has 1 fully saturated rings. The number of aromatic nitrogens is 2. The van der Waals surface area contributed by atoms with Crippen LogP contribution < -0.4 is 4.74 Å². The van der Waals surface area contributed by atoms with E-state index in [0.717, 1.165) is 66.9 Å². The van der Waals surface area contributed by atoms with E-state index in [2.05, 4.69) is 34.1 Å². The highest BCUT2D eigenvalue weighted by Crippen LogP contribution is 2.31. The van der Waals surface area contributed by atoms with Gasteiger partial charge in [0, 0.05) is 24.4 Å². The first-order chi connectivity index (χ1) is 15.6. The van der Waals surface area contributed by atoms with E-state index in [0.29, 0.717) is 6.04 Å². The lowest BCUT2D eigenvalue weighted by molar-refractivity contribution is -0.131. The molecule has 0 radical (unpaired) electrons. The van der Waals surface area contributed by atoms with Crippen molar-refractivity contribution in [1.29, 1.82) is 0 Å². The fourth-order valence-corrected chi connectivity index (χ4v) is 5.01. The number of hydrogen-bond donors (Lipinski definition) is 0. The Kier molecular flexibility index (Phi) is 5.56. The molecule has 3 aromatic rings. The Morgan fingerprint density at radius 3 is 2.75 bits per heavy atom. The van der Waals surface area contributed by atoms with Crippen LogP contribution in [0.25, 0.3) is 11.8 Å². The van der Waals surface area contributed by atoms with E-state index < -0.39 is 0 Å². The van der Waals surface area contributed by atoms with Crippen molar-refractivity contribution < 1.29 is 9.53 Å². The first-order valence-corrected chi connectivity index (χ1v) is 11.4. The van der Waals surface area contributed by atoms with E-state index in [4.69, 9.17) is 4.74 Å². The molecule has 1 aliphatic carbocycles. The third-order valence-corrected chi connectivity index (χ3v) is 6.68. The maximum atomic E-state index is 13.4. The van der Waals surface area contributed by atoms with E-state index >= 15 is 0 Å². The fourth-order valence-electron chi connectivity index (χ4n) is 5.01. The van der Waals surface area contributed by atoms with Crippen molar-refractivity contribution in [2.75, 3.05) is 13.7 Å². The van der Waals surface area contributed by atoms with Crippen LogP contribution in [-0.2, 0) is 17.6 Å². The molecule has 1 aliphatic heterocycles. The molecule has 0 N–H and O–H groups in total. The number of likely N-dealkylation sites (tertiary alicyclic amines) is 1. The highest BCUT2D eigenvalue weighted by molar-refractivity contribution is 5.98. The highest BCUT2D eigenvalue weighted by Gasteiger charge is 2.31. The van der Waals surface area contributed by atoms with Gasteiger partial charge in [-0.3, -0.25) is 4.79 Å².